The predicted octanol–water partition coefficient (Wildman–Crippen LogP) is 3.47. The van der Waals surface area contributed by atoms with Crippen LogP contribution < -0.4 is 0 Å². The molecule has 0 saturated carbocycles. The number of ether oxygens (including phenoxy) is 1. The minimum Gasteiger partial charge on any atom is -0.469 e. The highest BCUT2D eigenvalue weighted by Crippen LogP contribution is 2.18. The van der Waals surface area contributed by atoms with Crippen molar-refractivity contribution < 1.29 is 14.3 Å². The molecular formula is C22H30N2O3. The highest BCUT2D eigenvalue weighted by molar-refractivity contribution is 5.99. The molecule has 0 fully saturated rings. The number of likely N-dealkylation sites (N-methyl/N-ethyl adjacent to an activating group) is 1. The standard InChI is InChI=1S/C22H30N2O3/c1-6-23(13-16(2)22(26)27-5)15-21(25)20-12-17(3)24(18(20)4)14-19-10-8-7-9-11-19/h7-12,16H,6,13-15H2,1-5H3. The molecule has 146 valence electrons. The number of methoxy groups -OCH3 is 1. The van der Waals surface area contributed by atoms with E-state index in [9.17, 15) is 9.59 Å². The van der Waals surface area contributed by atoms with Crippen molar-refractivity contribution in [2.24, 2.45) is 5.92 Å². The van der Waals surface area contributed by atoms with Crippen molar-refractivity contribution in [2.45, 2.75) is 34.2 Å². The Labute approximate surface area is 161 Å². The van der Waals surface area contributed by atoms with Gasteiger partial charge in [0.2, 0.25) is 0 Å². The van der Waals surface area contributed by atoms with Gasteiger partial charge < -0.3 is 9.30 Å². The molecule has 0 bridgehead atoms. The molecule has 1 aromatic heterocycles. The van der Waals surface area contributed by atoms with E-state index in [1.807, 2.05) is 56.9 Å². The van der Waals surface area contributed by atoms with Gasteiger partial charge >= 0.3 is 5.97 Å². The molecule has 1 atom stereocenters. The van der Waals surface area contributed by atoms with Crippen LogP contribution in [0.4, 0.5) is 0 Å². The molecule has 0 spiro atoms. The van der Waals surface area contributed by atoms with E-state index in [0.29, 0.717) is 19.6 Å². The summed E-state index contributed by atoms with van der Waals surface area (Å²) in [6.07, 6.45) is 0. The van der Waals surface area contributed by atoms with Crippen LogP contribution in [0.1, 0.15) is 41.2 Å². The van der Waals surface area contributed by atoms with Gasteiger partial charge in [0.1, 0.15) is 0 Å². The Morgan fingerprint density at radius 2 is 1.85 bits per heavy atom. The smallest absolute Gasteiger partial charge is 0.309 e. The Bertz CT molecular complexity index is 780. The molecule has 0 amide bonds. The van der Waals surface area contributed by atoms with Gasteiger partial charge in [-0.15, -0.1) is 0 Å². The van der Waals surface area contributed by atoms with Crippen molar-refractivity contribution in [2.75, 3.05) is 26.7 Å². The van der Waals surface area contributed by atoms with Crippen molar-refractivity contribution in [3.63, 3.8) is 0 Å². The largest absolute Gasteiger partial charge is 0.469 e. The van der Waals surface area contributed by atoms with Crippen LogP contribution in [-0.2, 0) is 16.1 Å². The average Bonchev–Trinajstić information content (AvgIpc) is 2.95. The fourth-order valence-electron chi connectivity index (χ4n) is 3.35. The molecule has 1 aromatic carbocycles. The van der Waals surface area contributed by atoms with Crippen molar-refractivity contribution in [1.29, 1.82) is 0 Å². The second kappa shape index (κ2) is 9.51. The third kappa shape index (κ3) is 5.30. The van der Waals surface area contributed by atoms with E-state index in [1.54, 1.807) is 0 Å². The molecule has 0 radical (unpaired) electrons. The normalized spacial score (nSPS) is 12.2. The lowest BCUT2D eigenvalue weighted by Crippen LogP contribution is -2.36. The SMILES string of the molecule is CCN(CC(=O)c1cc(C)n(Cc2ccccc2)c1C)CC(C)C(=O)OC. The first-order valence-electron chi connectivity index (χ1n) is 9.41. The van der Waals surface area contributed by atoms with Gasteiger partial charge in [-0.3, -0.25) is 14.5 Å². The van der Waals surface area contributed by atoms with E-state index in [2.05, 4.69) is 16.7 Å². The van der Waals surface area contributed by atoms with Gasteiger partial charge in [0.05, 0.1) is 19.6 Å². The molecule has 0 aliphatic rings. The highest BCUT2D eigenvalue weighted by Gasteiger charge is 2.21. The van der Waals surface area contributed by atoms with Crippen LogP contribution in [-0.4, -0.2) is 48.0 Å². The zero-order chi connectivity index (χ0) is 20.0. The van der Waals surface area contributed by atoms with Crippen molar-refractivity contribution >= 4 is 11.8 Å². The van der Waals surface area contributed by atoms with Crippen LogP contribution in [0.5, 0.6) is 0 Å². The Kier molecular flexibility index (Phi) is 7.36. The van der Waals surface area contributed by atoms with Crippen molar-refractivity contribution in [3.8, 4) is 0 Å². The molecule has 27 heavy (non-hydrogen) atoms. The van der Waals surface area contributed by atoms with Gasteiger partial charge in [-0.1, -0.05) is 44.2 Å². The second-order valence-corrected chi connectivity index (χ2v) is 7.03. The summed E-state index contributed by atoms with van der Waals surface area (Å²) in [5.74, 6) is -0.420. The molecule has 0 N–H and O–H groups in total. The third-order valence-corrected chi connectivity index (χ3v) is 5.01. The van der Waals surface area contributed by atoms with Crippen molar-refractivity contribution in [3.05, 3.63) is 58.9 Å². The number of hydrogen-bond donors (Lipinski definition) is 0. The summed E-state index contributed by atoms with van der Waals surface area (Å²) in [7, 11) is 1.39. The van der Waals surface area contributed by atoms with E-state index in [4.69, 9.17) is 4.74 Å². The Morgan fingerprint density at radius 1 is 1.19 bits per heavy atom. The molecule has 2 rings (SSSR count). The number of benzene rings is 1. The first-order chi connectivity index (χ1) is 12.9. The molecule has 0 aliphatic heterocycles. The quantitative estimate of drug-likeness (QED) is 0.501. The molecular weight excluding hydrogens is 340 g/mol. The Morgan fingerprint density at radius 3 is 2.44 bits per heavy atom. The number of Topliss-reactive ketones (excluding diaryl/α,β-unsaturated/α-hetero) is 1. The van der Waals surface area contributed by atoms with Crippen LogP contribution in [0, 0.1) is 19.8 Å². The predicted molar refractivity (Wildman–Crippen MR) is 107 cm³/mol. The number of esters is 1. The number of ketones is 1. The summed E-state index contributed by atoms with van der Waals surface area (Å²) < 4.78 is 6.96. The van der Waals surface area contributed by atoms with Gasteiger partial charge in [-0.25, -0.2) is 0 Å². The topological polar surface area (TPSA) is 51.5 Å². The highest BCUT2D eigenvalue weighted by atomic mass is 16.5. The number of rotatable bonds is 9. The summed E-state index contributed by atoms with van der Waals surface area (Å²) in [5, 5.41) is 0. The lowest BCUT2D eigenvalue weighted by atomic mass is 10.1. The van der Waals surface area contributed by atoms with Crippen LogP contribution in [0.3, 0.4) is 0 Å². The lowest BCUT2D eigenvalue weighted by molar-refractivity contribution is -0.145. The number of hydrogen-bond acceptors (Lipinski definition) is 4. The Hall–Kier alpha value is -2.40. The number of carbonyl (C=O) groups is 2. The number of aryl methyl sites for hydroxylation is 1. The van der Waals surface area contributed by atoms with Gasteiger partial charge in [0.25, 0.3) is 0 Å². The Balaban J connectivity index is 2.12. The first kappa shape index (κ1) is 20.9. The van der Waals surface area contributed by atoms with Gasteiger partial charge in [0, 0.05) is 30.0 Å². The molecule has 0 aliphatic carbocycles. The fourth-order valence-corrected chi connectivity index (χ4v) is 3.35. The van der Waals surface area contributed by atoms with Gasteiger partial charge in [-0.05, 0) is 32.0 Å². The summed E-state index contributed by atoms with van der Waals surface area (Å²) in [6, 6.07) is 12.2. The average molecular weight is 370 g/mol. The maximum absolute atomic E-state index is 12.9. The minimum atomic E-state index is -0.256. The third-order valence-electron chi connectivity index (χ3n) is 5.01. The number of carbonyl (C=O) groups excluding carboxylic acids is 2. The first-order valence-corrected chi connectivity index (χ1v) is 9.41. The fraction of sp³-hybridized carbons (Fsp3) is 0.455. The summed E-state index contributed by atoms with van der Waals surface area (Å²) in [5.41, 5.74) is 4.03. The van der Waals surface area contributed by atoms with E-state index >= 15 is 0 Å². The maximum atomic E-state index is 12.9. The molecule has 0 saturated heterocycles. The van der Waals surface area contributed by atoms with E-state index in [1.165, 1.54) is 12.7 Å². The summed E-state index contributed by atoms with van der Waals surface area (Å²) >= 11 is 0. The van der Waals surface area contributed by atoms with Crippen molar-refractivity contribution in [1.82, 2.24) is 9.47 Å². The van der Waals surface area contributed by atoms with Crippen LogP contribution in [0.2, 0.25) is 0 Å². The lowest BCUT2D eigenvalue weighted by Gasteiger charge is -2.22. The summed E-state index contributed by atoms with van der Waals surface area (Å²) in [4.78, 5) is 26.6. The zero-order valence-corrected chi connectivity index (χ0v) is 17.0. The van der Waals surface area contributed by atoms with E-state index in [0.717, 1.165) is 23.5 Å². The van der Waals surface area contributed by atoms with Crippen LogP contribution in [0.15, 0.2) is 36.4 Å². The van der Waals surface area contributed by atoms with Crippen LogP contribution >= 0.6 is 0 Å². The van der Waals surface area contributed by atoms with E-state index in [-0.39, 0.29) is 17.7 Å². The number of aromatic nitrogens is 1. The molecule has 1 unspecified atom stereocenters. The van der Waals surface area contributed by atoms with Gasteiger partial charge in [-0.2, -0.15) is 0 Å². The van der Waals surface area contributed by atoms with Crippen LogP contribution in [0.25, 0.3) is 0 Å². The molecule has 1 heterocycles. The monoisotopic (exact) mass is 370 g/mol. The zero-order valence-electron chi connectivity index (χ0n) is 17.0. The summed E-state index contributed by atoms with van der Waals surface area (Å²) in [6.45, 7) is 10.1. The molecule has 5 nitrogen and oxygen atoms in total. The van der Waals surface area contributed by atoms with E-state index < -0.39 is 0 Å². The molecule has 2 aromatic rings. The number of nitrogens with zero attached hydrogens (tertiary/aromatic N) is 2. The maximum Gasteiger partial charge on any atom is 0.309 e. The minimum absolute atomic E-state index is 0.0846. The second-order valence-electron chi connectivity index (χ2n) is 7.03. The molecule has 5 heteroatoms. The van der Waals surface area contributed by atoms with Gasteiger partial charge in [0.15, 0.2) is 5.78 Å².